The zero-order valence-electron chi connectivity index (χ0n) is 11.6. The Morgan fingerprint density at radius 3 is 2.95 bits per heavy atom. The number of piperidine rings is 1. The number of nitrogens with one attached hydrogen (secondary N) is 1. The van der Waals surface area contributed by atoms with Crippen LogP contribution in [0.15, 0.2) is 23.1 Å². The molecule has 1 fully saturated rings. The molecule has 1 atom stereocenters. The molecule has 0 radical (unpaired) electrons. The molecule has 3 nitrogen and oxygen atoms in total. The van der Waals surface area contributed by atoms with E-state index in [0.29, 0.717) is 6.04 Å². The highest BCUT2D eigenvalue weighted by molar-refractivity contribution is 7.98. The SMILES string of the molecule is CCN(c1cccc(SC)c1C#N)C1CCCNC1. The summed E-state index contributed by atoms with van der Waals surface area (Å²) in [5, 5.41) is 12.9. The molecule has 0 aliphatic carbocycles. The van der Waals surface area contributed by atoms with Crippen molar-refractivity contribution < 1.29 is 0 Å². The molecule has 1 aromatic carbocycles. The number of rotatable bonds is 4. The summed E-state index contributed by atoms with van der Waals surface area (Å²) in [6, 6.07) is 9.05. The first-order chi connectivity index (χ1) is 9.31. The second-order valence-corrected chi connectivity index (χ2v) is 5.60. The topological polar surface area (TPSA) is 39.1 Å². The molecular weight excluding hydrogens is 254 g/mol. The predicted molar refractivity (Wildman–Crippen MR) is 81.8 cm³/mol. The summed E-state index contributed by atoms with van der Waals surface area (Å²) in [5.41, 5.74) is 1.91. The third kappa shape index (κ3) is 3.05. The molecule has 1 aliphatic heterocycles. The molecule has 1 unspecified atom stereocenters. The van der Waals surface area contributed by atoms with Gasteiger partial charge in [0.15, 0.2) is 0 Å². The second-order valence-electron chi connectivity index (χ2n) is 4.75. The van der Waals surface area contributed by atoms with Gasteiger partial charge in [-0.3, -0.25) is 0 Å². The van der Waals surface area contributed by atoms with Gasteiger partial charge in [0, 0.05) is 24.0 Å². The van der Waals surface area contributed by atoms with Gasteiger partial charge in [0.25, 0.3) is 0 Å². The summed E-state index contributed by atoms with van der Waals surface area (Å²) in [6.07, 6.45) is 4.44. The molecule has 0 saturated carbocycles. The standard InChI is InChI=1S/C15H21N3S/c1-3-18(12-6-5-9-17-11-12)14-7-4-8-15(19-2)13(14)10-16/h4,7-8,12,17H,3,5-6,9,11H2,1-2H3. The predicted octanol–water partition coefficient (Wildman–Crippen LogP) is 2.86. The van der Waals surface area contributed by atoms with Crippen molar-refractivity contribution in [3.8, 4) is 6.07 Å². The fourth-order valence-electron chi connectivity index (χ4n) is 2.77. The van der Waals surface area contributed by atoms with E-state index >= 15 is 0 Å². The van der Waals surface area contributed by atoms with E-state index < -0.39 is 0 Å². The lowest BCUT2D eigenvalue weighted by Crippen LogP contribution is -2.46. The lowest BCUT2D eigenvalue weighted by molar-refractivity contribution is 0.435. The van der Waals surface area contributed by atoms with E-state index in [1.165, 1.54) is 12.8 Å². The van der Waals surface area contributed by atoms with E-state index in [4.69, 9.17) is 0 Å². The van der Waals surface area contributed by atoms with Crippen LogP contribution in [0.4, 0.5) is 5.69 Å². The van der Waals surface area contributed by atoms with Crippen molar-refractivity contribution in [1.29, 1.82) is 5.26 Å². The van der Waals surface area contributed by atoms with Crippen molar-refractivity contribution in [2.24, 2.45) is 0 Å². The third-order valence-electron chi connectivity index (χ3n) is 3.70. The molecule has 0 spiro atoms. The normalized spacial score (nSPS) is 18.9. The van der Waals surface area contributed by atoms with E-state index in [2.05, 4.69) is 35.3 Å². The lowest BCUT2D eigenvalue weighted by atomic mass is 10.0. The number of nitriles is 1. The molecule has 4 heteroatoms. The highest BCUT2D eigenvalue weighted by Crippen LogP contribution is 2.31. The molecule has 1 aliphatic rings. The molecule has 1 aromatic rings. The minimum absolute atomic E-state index is 0.503. The Morgan fingerprint density at radius 2 is 2.37 bits per heavy atom. The maximum atomic E-state index is 9.47. The van der Waals surface area contributed by atoms with Crippen molar-refractivity contribution in [3.05, 3.63) is 23.8 Å². The van der Waals surface area contributed by atoms with Crippen LogP contribution in [0.3, 0.4) is 0 Å². The van der Waals surface area contributed by atoms with Crippen LogP contribution in [-0.2, 0) is 0 Å². The van der Waals surface area contributed by atoms with E-state index in [1.807, 2.05) is 12.3 Å². The second kappa shape index (κ2) is 6.83. The average Bonchev–Trinajstić information content (AvgIpc) is 2.48. The highest BCUT2D eigenvalue weighted by atomic mass is 32.2. The number of nitrogens with zero attached hydrogens (tertiary/aromatic N) is 2. The van der Waals surface area contributed by atoms with Crippen LogP contribution in [0.2, 0.25) is 0 Å². The van der Waals surface area contributed by atoms with Crippen molar-refractivity contribution in [1.82, 2.24) is 5.32 Å². The average molecular weight is 275 g/mol. The summed E-state index contributed by atoms with van der Waals surface area (Å²) >= 11 is 1.64. The number of thioether (sulfide) groups is 1. The van der Waals surface area contributed by atoms with Gasteiger partial charge in [-0.1, -0.05) is 6.07 Å². The Kier molecular flexibility index (Phi) is 5.12. The minimum atomic E-state index is 0.503. The molecular formula is C15H21N3S. The van der Waals surface area contributed by atoms with Crippen LogP contribution in [-0.4, -0.2) is 31.9 Å². The summed E-state index contributed by atoms with van der Waals surface area (Å²) in [6.45, 7) is 5.24. The molecule has 0 bridgehead atoms. The molecule has 19 heavy (non-hydrogen) atoms. The highest BCUT2D eigenvalue weighted by Gasteiger charge is 2.22. The Labute approximate surface area is 120 Å². The molecule has 1 N–H and O–H groups in total. The molecule has 1 saturated heterocycles. The molecule has 1 heterocycles. The molecule has 2 rings (SSSR count). The van der Waals surface area contributed by atoms with Crippen LogP contribution in [0.25, 0.3) is 0 Å². The van der Waals surface area contributed by atoms with E-state index in [0.717, 1.165) is 35.8 Å². The third-order valence-corrected chi connectivity index (χ3v) is 4.48. The zero-order chi connectivity index (χ0) is 13.7. The van der Waals surface area contributed by atoms with E-state index in [-0.39, 0.29) is 0 Å². The summed E-state index contributed by atoms with van der Waals surface area (Å²) < 4.78 is 0. The van der Waals surface area contributed by atoms with Gasteiger partial charge in [0.05, 0.1) is 11.3 Å². The Morgan fingerprint density at radius 1 is 1.53 bits per heavy atom. The first-order valence-electron chi connectivity index (χ1n) is 6.86. The number of hydrogen-bond acceptors (Lipinski definition) is 4. The largest absolute Gasteiger partial charge is 0.366 e. The fraction of sp³-hybridized carbons (Fsp3) is 0.533. The van der Waals surface area contributed by atoms with Crippen LogP contribution in [0, 0.1) is 11.3 Å². The quantitative estimate of drug-likeness (QED) is 0.858. The van der Waals surface area contributed by atoms with Crippen molar-refractivity contribution in [2.45, 2.75) is 30.7 Å². The molecule has 0 amide bonds. The zero-order valence-corrected chi connectivity index (χ0v) is 12.5. The van der Waals surface area contributed by atoms with Crippen molar-refractivity contribution >= 4 is 17.4 Å². The Hall–Kier alpha value is -1.18. The van der Waals surface area contributed by atoms with Crippen LogP contribution in [0.1, 0.15) is 25.3 Å². The van der Waals surface area contributed by atoms with E-state index in [9.17, 15) is 5.26 Å². The number of benzene rings is 1. The maximum absolute atomic E-state index is 9.47. The van der Waals surface area contributed by atoms with E-state index in [1.54, 1.807) is 11.8 Å². The van der Waals surface area contributed by atoms with Gasteiger partial charge in [0.1, 0.15) is 6.07 Å². The summed E-state index contributed by atoms with van der Waals surface area (Å²) in [7, 11) is 0. The van der Waals surface area contributed by atoms with Crippen molar-refractivity contribution in [2.75, 3.05) is 30.8 Å². The van der Waals surface area contributed by atoms with Gasteiger partial charge in [-0.15, -0.1) is 11.8 Å². The summed E-state index contributed by atoms with van der Waals surface area (Å²) in [5.74, 6) is 0. The fourth-order valence-corrected chi connectivity index (χ4v) is 3.34. The maximum Gasteiger partial charge on any atom is 0.103 e. The number of likely N-dealkylation sites (N-methyl/N-ethyl adjacent to an activating group) is 1. The molecule has 0 aromatic heterocycles. The van der Waals surface area contributed by atoms with Gasteiger partial charge in [-0.25, -0.2) is 0 Å². The van der Waals surface area contributed by atoms with Gasteiger partial charge in [0.2, 0.25) is 0 Å². The first kappa shape index (κ1) is 14.2. The van der Waals surface area contributed by atoms with Gasteiger partial charge < -0.3 is 10.2 Å². The first-order valence-corrected chi connectivity index (χ1v) is 8.08. The van der Waals surface area contributed by atoms with Gasteiger partial charge >= 0.3 is 0 Å². The number of anilines is 1. The van der Waals surface area contributed by atoms with Crippen LogP contribution >= 0.6 is 11.8 Å². The Bertz CT molecular complexity index is 461. The summed E-state index contributed by atoms with van der Waals surface area (Å²) in [4.78, 5) is 3.45. The molecule has 102 valence electrons. The monoisotopic (exact) mass is 275 g/mol. The van der Waals surface area contributed by atoms with Gasteiger partial charge in [-0.2, -0.15) is 5.26 Å². The van der Waals surface area contributed by atoms with Crippen LogP contribution < -0.4 is 10.2 Å². The number of hydrogen-bond donors (Lipinski definition) is 1. The Balaban J connectivity index is 2.34. The minimum Gasteiger partial charge on any atom is -0.366 e. The lowest BCUT2D eigenvalue weighted by Gasteiger charge is -2.36. The van der Waals surface area contributed by atoms with Crippen LogP contribution in [0.5, 0.6) is 0 Å². The smallest absolute Gasteiger partial charge is 0.103 e. The van der Waals surface area contributed by atoms with Crippen molar-refractivity contribution in [3.63, 3.8) is 0 Å². The van der Waals surface area contributed by atoms with Gasteiger partial charge in [-0.05, 0) is 44.7 Å².